The SMILES string of the molecule is CC(=O)N1C(c2cccc([N+](=O)[O-])c2)SC(C)(C)C1C(=O)O. The first-order valence-electron chi connectivity index (χ1n) is 6.59. The van der Waals surface area contributed by atoms with Crippen LogP contribution in [0.2, 0.25) is 0 Å². The van der Waals surface area contributed by atoms with Gasteiger partial charge in [0, 0.05) is 23.8 Å². The summed E-state index contributed by atoms with van der Waals surface area (Å²) in [6.07, 6.45) is 0. The van der Waals surface area contributed by atoms with Crippen LogP contribution in [0.3, 0.4) is 0 Å². The van der Waals surface area contributed by atoms with Gasteiger partial charge in [-0.3, -0.25) is 14.9 Å². The Morgan fingerprint density at radius 3 is 2.55 bits per heavy atom. The maximum Gasteiger partial charge on any atom is 0.327 e. The van der Waals surface area contributed by atoms with Crippen molar-refractivity contribution in [2.24, 2.45) is 0 Å². The highest BCUT2D eigenvalue weighted by molar-refractivity contribution is 8.01. The Morgan fingerprint density at radius 1 is 1.41 bits per heavy atom. The predicted molar refractivity (Wildman–Crippen MR) is 81.5 cm³/mol. The molecule has 118 valence electrons. The van der Waals surface area contributed by atoms with Crippen molar-refractivity contribution < 1.29 is 19.6 Å². The van der Waals surface area contributed by atoms with E-state index in [1.807, 2.05) is 0 Å². The third-order valence-electron chi connectivity index (χ3n) is 3.57. The van der Waals surface area contributed by atoms with E-state index in [1.165, 1.54) is 41.8 Å². The lowest BCUT2D eigenvalue weighted by atomic mass is 10.0. The molecule has 7 nitrogen and oxygen atoms in total. The second kappa shape index (κ2) is 5.60. The summed E-state index contributed by atoms with van der Waals surface area (Å²) in [4.78, 5) is 35.2. The van der Waals surface area contributed by atoms with Gasteiger partial charge in [0.15, 0.2) is 0 Å². The molecule has 2 atom stereocenters. The molecule has 1 aromatic carbocycles. The molecule has 1 fully saturated rings. The minimum atomic E-state index is -1.08. The smallest absolute Gasteiger partial charge is 0.327 e. The van der Waals surface area contributed by atoms with Crippen molar-refractivity contribution in [1.29, 1.82) is 0 Å². The van der Waals surface area contributed by atoms with Crippen LogP contribution < -0.4 is 0 Å². The maximum atomic E-state index is 12.0. The molecular weight excluding hydrogens is 308 g/mol. The van der Waals surface area contributed by atoms with E-state index in [9.17, 15) is 24.8 Å². The topological polar surface area (TPSA) is 101 Å². The van der Waals surface area contributed by atoms with E-state index in [0.717, 1.165) is 0 Å². The lowest BCUT2D eigenvalue weighted by Crippen LogP contribution is -2.48. The fraction of sp³-hybridized carbons (Fsp3) is 0.429. The zero-order valence-corrected chi connectivity index (χ0v) is 13.2. The van der Waals surface area contributed by atoms with E-state index in [2.05, 4.69) is 0 Å². The zero-order chi connectivity index (χ0) is 16.7. The molecular formula is C14H16N2O5S. The van der Waals surface area contributed by atoms with E-state index in [4.69, 9.17) is 0 Å². The van der Waals surface area contributed by atoms with E-state index in [-0.39, 0.29) is 11.6 Å². The fourth-order valence-corrected chi connectivity index (χ4v) is 4.25. The van der Waals surface area contributed by atoms with Crippen molar-refractivity contribution in [2.75, 3.05) is 0 Å². The second-order valence-electron chi connectivity index (χ2n) is 5.59. The lowest BCUT2D eigenvalue weighted by molar-refractivity contribution is -0.384. The quantitative estimate of drug-likeness (QED) is 0.677. The minimum absolute atomic E-state index is 0.0850. The molecule has 0 saturated carbocycles. The van der Waals surface area contributed by atoms with Crippen LogP contribution in [0.15, 0.2) is 24.3 Å². The molecule has 0 aromatic heterocycles. The number of carboxylic acid groups (broad SMARTS) is 1. The lowest BCUT2D eigenvalue weighted by Gasteiger charge is -2.28. The molecule has 0 radical (unpaired) electrons. The number of carbonyl (C=O) groups excluding carboxylic acids is 1. The van der Waals surface area contributed by atoms with Crippen LogP contribution in [-0.2, 0) is 9.59 Å². The molecule has 2 unspecified atom stereocenters. The molecule has 1 aliphatic rings. The number of nitrogens with zero attached hydrogens (tertiary/aromatic N) is 2. The Kier molecular flexibility index (Phi) is 4.15. The molecule has 8 heteroatoms. The van der Waals surface area contributed by atoms with Crippen LogP contribution in [0.1, 0.15) is 31.7 Å². The number of amides is 1. The third-order valence-corrected chi connectivity index (χ3v) is 5.12. The average Bonchev–Trinajstić information content (AvgIpc) is 2.70. The summed E-state index contributed by atoms with van der Waals surface area (Å²) in [5.74, 6) is -1.46. The van der Waals surface area contributed by atoms with Gasteiger partial charge in [0.1, 0.15) is 11.4 Å². The van der Waals surface area contributed by atoms with Gasteiger partial charge in [-0.05, 0) is 19.4 Å². The van der Waals surface area contributed by atoms with E-state index in [1.54, 1.807) is 19.9 Å². The van der Waals surface area contributed by atoms with E-state index < -0.39 is 27.1 Å². The Hall–Kier alpha value is -2.09. The number of rotatable bonds is 3. The molecule has 0 aliphatic carbocycles. The number of hydrogen-bond donors (Lipinski definition) is 1. The Labute approximate surface area is 131 Å². The molecule has 0 spiro atoms. The van der Waals surface area contributed by atoms with Crippen LogP contribution >= 0.6 is 11.8 Å². The van der Waals surface area contributed by atoms with Gasteiger partial charge in [-0.15, -0.1) is 11.8 Å². The number of benzene rings is 1. The van der Waals surface area contributed by atoms with Crippen LogP contribution in [0.4, 0.5) is 5.69 Å². The normalized spacial score (nSPS) is 23.3. The summed E-state index contributed by atoms with van der Waals surface area (Å²) < 4.78 is -0.702. The minimum Gasteiger partial charge on any atom is -0.480 e. The highest BCUT2D eigenvalue weighted by Gasteiger charge is 2.53. The molecule has 1 heterocycles. The van der Waals surface area contributed by atoms with Crippen molar-refractivity contribution in [3.8, 4) is 0 Å². The molecule has 1 amide bonds. The number of non-ortho nitro benzene ring substituents is 1. The fourth-order valence-electron chi connectivity index (χ4n) is 2.66. The summed E-state index contributed by atoms with van der Waals surface area (Å²) >= 11 is 1.32. The first-order valence-corrected chi connectivity index (χ1v) is 7.47. The van der Waals surface area contributed by atoms with Crippen molar-refractivity contribution in [1.82, 2.24) is 4.90 Å². The average molecular weight is 324 g/mol. The van der Waals surface area contributed by atoms with Crippen LogP contribution in [-0.4, -0.2) is 37.6 Å². The number of carbonyl (C=O) groups is 2. The number of nitro groups is 1. The summed E-state index contributed by atoms with van der Waals surface area (Å²) in [5, 5.41) is 19.8. The number of hydrogen-bond acceptors (Lipinski definition) is 5. The number of carboxylic acids is 1. The second-order valence-corrected chi connectivity index (χ2v) is 7.33. The molecule has 0 bridgehead atoms. The van der Waals surface area contributed by atoms with Gasteiger partial charge in [-0.1, -0.05) is 12.1 Å². The van der Waals surface area contributed by atoms with Crippen molar-refractivity contribution in [3.63, 3.8) is 0 Å². The van der Waals surface area contributed by atoms with Gasteiger partial charge in [-0.2, -0.15) is 0 Å². The predicted octanol–water partition coefficient (Wildman–Crippen LogP) is 2.42. The van der Waals surface area contributed by atoms with Crippen LogP contribution in [0.25, 0.3) is 0 Å². The zero-order valence-electron chi connectivity index (χ0n) is 12.3. The van der Waals surface area contributed by atoms with Gasteiger partial charge in [0.2, 0.25) is 5.91 Å². The molecule has 1 aromatic rings. The largest absolute Gasteiger partial charge is 0.480 e. The summed E-state index contributed by atoms with van der Waals surface area (Å²) in [7, 11) is 0. The van der Waals surface area contributed by atoms with Crippen LogP contribution in [0.5, 0.6) is 0 Å². The van der Waals surface area contributed by atoms with Gasteiger partial charge < -0.3 is 10.0 Å². The standard InChI is InChI=1S/C14H16N2O5S/c1-8(17)15-11(13(18)19)14(2,3)22-12(15)9-5-4-6-10(7-9)16(20)21/h4-7,11-12H,1-3H3,(H,18,19). The Bertz CT molecular complexity index is 646. The first-order chi connectivity index (χ1) is 10.1. The van der Waals surface area contributed by atoms with Gasteiger partial charge in [0.25, 0.3) is 5.69 Å². The van der Waals surface area contributed by atoms with Crippen molar-refractivity contribution in [2.45, 2.75) is 36.9 Å². The number of nitro benzene ring substituents is 1. The first kappa shape index (κ1) is 16.3. The van der Waals surface area contributed by atoms with Gasteiger partial charge >= 0.3 is 5.97 Å². The van der Waals surface area contributed by atoms with Crippen LogP contribution in [0, 0.1) is 10.1 Å². The molecule has 2 rings (SSSR count). The van der Waals surface area contributed by atoms with Gasteiger partial charge in [0.05, 0.1) is 4.92 Å². The highest BCUT2D eigenvalue weighted by Crippen LogP contribution is 2.52. The highest BCUT2D eigenvalue weighted by atomic mass is 32.2. The molecule has 1 aliphatic heterocycles. The van der Waals surface area contributed by atoms with E-state index in [0.29, 0.717) is 5.56 Å². The molecule has 22 heavy (non-hydrogen) atoms. The monoisotopic (exact) mass is 324 g/mol. The van der Waals surface area contributed by atoms with Crippen molar-refractivity contribution in [3.05, 3.63) is 39.9 Å². The number of aliphatic carboxylic acids is 1. The molecule has 1 saturated heterocycles. The van der Waals surface area contributed by atoms with E-state index >= 15 is 0 Å². The van der Waals surface area contributed by atoms with Crippen molar-refractivity contribution >= 4 is 29.3 Å². The summed E-state index contributed by atoms with van der Waals surface area (Å²) in [5.41, 5.74) is 0.462. The van der Waals surface area contributed by atoms with Gasteiger partial charge in [-0.25, -0.2) is 4.79 Å². The summed E-state index contributed by atoms with van der Waals surface area (Å²) in [6.45, 7) is 4.82. The third kappa shape index (κ3) is 2.78. The maximum absolute atomic E-state index is 12.0. The summed E-state index contributed by atoms with van der Waals surface area (Å²) in [6, 6.07) is 4.96. The molecule has 1 N–H and O–H groups in total. The Morgan fingerprint density at radius 2 is 2.05 bits per heavy atom. The Balaban J connectivity index is 2.50. The number of thioether (sulfide) groups is 1.